The molecule has 0 aliphatic heterocycles. The van der Waals surface area contributed by atoms with Gasteiger partial charge in [-0.25, -0.2) is 42.1 Å². The van der Waals surface area contributed by atoms with E-state index in [1.165, 1.54) is 22.7 Å². The van der Waals surface area contributed by atoms with Gasteiger partial charge in [0.1, 0.15) is 0 Å². The van der Waals surface area contributed by atoms with Crippen LogP contribution in [0.2, 0.25) is 0 Å². The molecule has 110 heavy (non-hydrogen) atoms. The second-order valence-electron chi connectivity index (χ2n) is 18.3. The van der Waals surface area contributed by atoms with Crippen LogP contribution in [0.5, 0.6) is 0 Å². The van der Waals surface area contributed by atoms with Gasteiger partial charge in [-0.1, -0.05) is 0 Å². The van der Waals surface area contributed by atoms with Crippen molar-refractivity contribution in [1.29, 1.82) is 21.0 Å². The smallest absolute Gasteiger partial charge is 0.741 e. The van der Waals surface area contributed by atoms with Crippen LogP contribution in [-0.4, -0.2) is 189 Å². The first-order valence-corrected chi connectivity index (χ1v) is 33.8. The fourth-order valence-corrected chi connectivity index (χ4v) is 4.27. The zero-order valence-electron chi connectivity index (χ0n) is 56.6. The monoisotopic (exact) mass is 2040 g/mol. The van der Waals surface area contributed by atoms with E-state index >= 15 is 0 Å². The standard InChI is InChI=1S/4C7H10N2.4C6H4N2.5CHF3O3S.2Au/c4*1-9(2)7-3-5-8-6-4-7;4*7-5-6-1-3-8-4-2-6;5*2-1(3,4)8(5,6)7;;/h4*3-6H,1-2H3;4*1-4H;5*(H,5,6,7);;/q;;;;;;;;;;;;;;+3/p-5. The molecule has 31 nitrogen and oxygen atoms in total. The first-order valence-electron chi connectivity index (χ1n) is 26.8. The summed E-state index contributed by atoms with van der Waals surface area (Å²) in [6.07, 6.45) is 27.1. The van der Waals surface area contributed by atoms with Gasteiger partial charge in [-0.15, -0.1) is 0 Å². The molecule has 0 aromatic carbocycles. The van der Waals surface area contributed by atoms with Crippen LogP contribution in [0.25, 0.3) is 0 Å². The van der Waals surface area contributed by atoms with Crippen molar-refractivity contribution < 1.29 is 175 Å². The summed E-state index contributed by atoms with van der Waals surface area (Å²) in [5, 5.41) is 33.0. The maximum Gasteiger partial charge on any atom is 3.00 e. The second-order valence-corrected chi connectivity index (χ2v) is 25.1. The summed E-state index contributed by atoms with van der Waals surface area (Å²) in [5.74, 6) is 0. The van der Waals surface area contributed by atoms with Gasteiger partial charge in [-0.3, -0.25) is 39.9 Å². The Hall–Kier alpha value is -9.66. The van der Waals surface area contributed by atoms with E-state index in [-0.39, 0.29) is 44.8 Å². The average molecular weight is 2040 g/mol. The van der Waals surface area contributed by atoms with Gasteiger partial charge in [-0.05, 0) is 97.1 Å². The van der Waals surface area contributed by atoms with Gasteiger partial charge in [-0.2, -0.15) is 86.9 Å². The molecule has 0 fully saturated rings. The van der Waals surface area contributed by atoms with Crippen molar-refractivity contribution in [3.05, 3.63) is 218 Å². The van der Waals surface area contributed by atoms with Gasteiger partial charge >= 0.3 is 49.9 Å². The first kappa shape index (κ1) is 114. The number of hydrogen-bond acceptors (Lipinski definition) is 31. The second kappa shape index (κ2) is 56.5. The maximum atomic E-state index is 10.7. The summed E-state index contributed by atoms with van der Waals surface area (Å²) >= 11 is 0. The third-order valence-electron chi connectivity index (χ3n) is 9.37. The van der Waals surface area contributed by atoms with E-state index in [1.54, 1.807) is 148 Å². The molecule has 613 valence electrons. The quantitative estimate of drug-likeness (QED) is 0.0688. The molecule has 0 amide bonds. The number of halogens is 15. The van der Waals surface area contributed by atoms with Crippen molar-refractivity contribution in [3.63, 3.8) is 0 Å². The summed E-state index contributed by atoms with van der Waals surface area (Å²) in [7, 11) is -14.4. The number of nitrogens with zero attached hydrogens (tertiary/aromatic N) is 16. The number of aromatic nitrogens is 8. The van der Waals surface area contributed by atoms with Crippen LogP contribution in [-0.2, 0) is 95.4 Å². The molecule has 0 spiro atoms. The Morgan fingerprint density at radius 3 is 0.382 bits per heavy atom. The largest absolute Gasteiger partial charge is 3.00 e. The fourth-order valence-electron chi connectivity index (χ4n) is 4.27. The molecule has 0 N–H and O–H groups in total. The van der Waals surface area contributed by atoms with Crippen LogP contribution in [0.15, 0.2) is 196 Å². The third-order valence-corrected chi connectivity index (χ3v) is 12.2. The first-order chi connectivity index (χ1) is 49.2. The fraction of sp³-hybridized carbons (Fsp3) is 0.228. The van der Waals surface area contributed by atoms with E-state index < -0.39 is 78.1 Å². The van der Waals surface area contributed by atoms with E-state index in [4.69, 9.17) is 85.9 Å². The van der Waals surface area contributed by atoms with Crippen molar-refractivity contribution in [2.24, 2.45) is 0 Å². The van der Waals surface area contributed by atoms with Gasteiger partial charge in [0.15, 0.2) is 50.6 Å². The van der Waals surface area contributed by atoms with Crippen LogP contribution in [0.1, 0.15) is 22.3 Å². The van der Waals surface area contributed by atoms with Crippen LogP contribution in [0, 0.1) is 45.3 Å². The molecule has 8 heterocycles. The number of anilines is 4. The Morgan fingerprint density at radius 1 is 0.255 bits per heavy atom. The summed E-state index contributed by atoms with van der Waals surface area (Å²) in [6, 6.07) is 37.1. The minimum Gasteiger partial charge on any atom is -0.741 e. The molecule has 8 rings (SSSR count). The minimum atomic E-state index is -6.09. The number of alkyl halides is 15. The topological polar surface area (TPSA) is 497 Å². The Labute approximate surface area is 651 Å². The molecular formula is C57H56Au2F15N16O15S5-2. The normalized spacial score (nSPS) is 10.4. The summed E-state index contributed by atoms with van der Waals surface area (Å²) in [5.41, 5.74) is -20.9. The molecule has 1 radical (unpaired) electrons. The predicted molar refractivity (Wildman–Crippen MR) is 349 cm³/mol. The zero-order valence-corrected chi connectivity index (χ0v) is 65.0. The molecule has 0 unspecified atom stereocenters. The van der Waals surface area contributed by atoms with E-state index in [0.29, 0.717) is 22.3 Å². The molecule has 0 aliphatic carbocycles. The van der Waals surface area contributed by atoms with Crippen LogP contribution in [0.3, 0.4) is 0 Å². The summed E-state index contributed by atoms with van der Waals surface area (Å²) < 4.78 is 295. The Balaban J connectivity index is -0.000000209. The van der Waals surface area contributed by atoms with Crippen molar-refractivity contribution in [2.45, 2.75) is 27.5 Å². The van der Waals surface area contributed by atoms with Gasteiger partial charge < -0.3 is 42.4 Å². The minimum absolute atomic E-state index is 0. The summed E-state index contributed by atoms with van der Waals surface area (Å²) in [6.45, 7) is 0. The molecular weight excluding hydrogens is 1990 g/mol. The van der Waals surface area contributed by atoms with E-state index in [2.05, 4.69) is 39.9 Å². The van der Waals surface area contributed by atoms with Crippen LogP contribution < -0.4 is 19.6 Å². The van der Waals surface area contributed by atoms with E-state index in [9.17, 15) is 65.9 Å². The number of rotatable bonds is 4. The molecule has 8 aromatic rings. The SMILES string of the molecule is CN(C)c1ccncc1.CN(C)c1ccncc1.CN(C)c1ccncc1.CN(C)c1ccncc1.N#Cc1ccncc1.N#Cc1ccncc1.N#Cc1ccncc1.N#Cc1ccncc1.O=S(=O)([O-])C(F)(F)F.O=S(=O)([O-])C(F)(F)F.O=S(=O)([O-])C(F)(F)F.O=S(=O)([O-])C(F)(F)F.O=S(=O)([O-])C(F)(F)F.[Au+3].[Au]. The molecule has 0 saturated carbocycles. The number of nitriles is 4. The van der Waals surface area contributed by atoms with Gasteiger partial charge in [0.05, 0.1) is 46.5 Å². The molecule has 53 heteroatoms. The molecule has 0 aliphatic rings. The Kier molecular flexibility index (Phi) is 58.4. The zero-order chi connectivity index (χ0) is 85.0. The van der Waals surface area contributed by atoms with Crippen molar-refractivity contribution in [3.8, 4) is 24.3 Å². The summed E-state index contributed by atoms with van der Waals surface area (Å²) in [4.78, 5) is 38.7. The molecule has 0 saturated heterocycles. The predicted octanol–water partition coefficient (Wildman–Crippen LogP) is 8.66. The number of hydrogen-bond donors (Lipinski definition) is 0. The Morgan fingerprint density at radius 2 is 0.336 bits per heavy atom. The van der Waals surface area contributed by atoms with Gasteiger partial charge in [0.25, 0.3) is 0 Å². The molecule has 0 bridgehead atoms. The van der Waals surface area contributed by atoms with Crippen molar-refractivity contribution in [2.75, 3.05) is 76.0 Å². The molecule has 0 atom stereocenters. The Bertz CT molecular complexity index is 3910. The van der Waals surface area contributed by atoms with Gasteiger partial charge in [0.2, 0.25) is 0 Å². The van der Waals surface area contributed by atoms with Gasteiger partial charge in [0, 0.05) is 201 Å². The van der Waals surface area contributed by atoms with Crippen LogP contribution in [0.4, 0.5) is 88.6 Å². The van der Waals surface area contributed by atoms with Crippen molar-refractivity contribution >= 4 is 73.3 Å². The van der Waals surface area contributed by atoms with E-state index in [0.717, 1.165) is 0 Å². The van der Waals surface area contributed by atoms with E-state index in [1.807, 2.05) is 149 Å². The van der Waals surface area contributed by atoms with Crippen LogP contribution >= 0.6 is 0 Å². The molecule has 8 aromatic heterocycles. The maximum absolute atomic E-state index is 10.7. The van der Waals surface area contributed by atoms with Crippen molar-refractivity contribution in [1.82, 2.24) is 39.9 Å². The number of pyridine rings is 8. The third kappa shape index (κ3) is 61.3. The average Bonchev–Trinajstić information content (AvgIpc) is 0.886.